The Balaban J connectivity index is 1.76. The molecule has 7 nitrogen and oxygen atoms in total. The number of amides is 1. The van der Waals surface area contributed by atoms with Gasteiger partial charge in [-0.3, -0.25) is 4.79 Å². The SMILES string of the molecule is O=C(N[C@H]1CCCC[C@@H]1O)c1sccc1-n1cnnn1. The third-order valence-corrected chi connectivity index (χ3v) is 4.39. The molecule has 1 aliphatic rings. The topological polar surface area (TPSA) is 92.9 Å². The maximum atomic E-state index is 12.3. The van der Waals surface area contributed by atoms with Crippen LogP contribution in [-0.2, 0) is 0 Å². The molecule has 2 N–H and O–H groups in total. The Hall–Kier alpha value is -1.80. The number of carbonyl (C=O) groups is 1. The standard InChI is InChI=1S/C12H15N5O2S/c18-10-4-2-1-3-8(10)14-12(19)11-9(5-6-20-11)17-7-13-15-16-17/h5-8,10,18H,1-4H2,(H,14,19)/t8-,10-/m0/s1. The van der Waals surface area contributed by atoms with Gasteiger partial charge in [0.05, 0.1) is 17.8 Å². The molecular formula is C12H15N5O2S. The zero-order valence-corrected chi connectivity index (χ0v) is 11.6. The first kappa shape index (κ1) is 13.2. The highest BCUT2D eigenvalue weighted by Crippen LogP contribution is 2.22. The lowest BCUT2D eigenvalue weighted by Gasteiger charge is -2.28. The Morgan fingerprint density at radius 3 is 3.05 bits per heavy atom. The highest BCUT2D eigenvalue weighted by atomic mass is 32.1. The monoisotopic (exact) mass is 293 g/mol. The number of hydrogen-bond acceptors (Lipinski definition) is 6. The molecule has 2 atom stereocenters. The number of rotatable bonds is 3. The fraction of sp³-hybridized carbons (Fsp3) is 0.500. The lowest BCUT2D eigenvalue weighted by molar-refractivity contribution is 0.0720. The zero-order valence-electron chi connectivity index (χ0n) is 10.8. The Kier molecular flexibility index (Phi) is 3.75. The number of tetrazole rings is 1. The van der Waals surface area contributed by atoms with Gasteiger partial charge in [0.1, 0.15) is 11.2 Å². The van der Waals surface area contributed by atoms with Crippen LogP contribution in [0.25, 0.3) is 5.69 Å². The van der Waals surface area contributed by atoms with E-state index in [1.165, 1.54) is 22.3 Å². The average molecular weight is 293 g/mol. The molecule has 1 aliphatic carbocycles. The number of nitrogens with one attached hydrogen (secondary N) is 1. The number of aromatic nitrogens is 4. The molecule has 3 rings (SSSR count). The van der Waals surface area contributed by atoms with Crippen molar-refractivity contribution in [2.75, 3.05) is 0 Å². The van der Waals surface area contributed by atoms with Gasteiger partial charge in [-0.25, -0.2) is 0 Å². The van der Waals surface area contributed by atoms with Crippen molar-refractivity contribution in [2.24, 2.45) is 0 Å². The van der Waals surface area contributed by atoms with Gasteiger partial charge in [-0.1, -0.05) is 12.8 Å². The summed E-state index contributed by atoms with van der Waals surface area (Å²) in [5.41, 5.74) is 0.655. The molecule has 20 heavy (non-hydrogen) atoms. The summed E-state index contributed by atoms with van der Waals surface area (Å²) in [4.78, 5) is 12.9. The fourth-order valence-electron chi connectivity index (χ4n) is 2.44. The van der Waals surface area contributed by atoms with E-state index >= 15 is 0 Å². The largest absolute Gasteiger partial charge is 0.391 e. The van der Waals surface area contributed by atoms with Crippen molar-refractivity contribution >= 4 is 17.2 Å². The van der Waals surface area contributed by atoms with Gasteiger partial charge in [0, 0.05) is 0 Å². The van der Waals surface area contributed by atoms with Gasteiger partial charge in [-0.05, 0) is 34.7 Å². The van der Waals surface area contributed by atoms with Crippen LogP contribution in [0, 0.1) is 0 Å². The van der Waals surface area contributed by atoms with Crippen molar-refractivity contribution in [3.8, 4) is 5.69 Å². The second-order valence-electron chi connectivity index (χ2n) is 4.82. The molecule has 2 aromatic rings. The van der Waals surface area contributed by atoms with Crippen LogP contribution >= 0.6 is 11.3 Å². The van der Waals surface area contributed by atoms with Gasteiger partial charge < -0.3 is 10.4 Å². The molecule has 0 saturated heterocycles. The predicted octanol–water partition coefficient (Wildman–Crippen LogP) is 0.757. The van der Waals surface area contributed by atoms with E-state index in [0.29, 0.717) is 10.6 Å². The Labute approximate surface area is 119 Å². The highest BCUT2D eigenvalue weighted by Gasteiger charge is 2.26. The summed E-state index contributed by atoms with van der Waals surface area (Å²) >= 11 is 1.34. The van der Waals surface area contributed by atoms with E-state index < -0.39 is 6.10 Å². The maximum absolute atomic E-state index is 12.3. The number of carbonyl (C=O) groups excluding carboxylic acids is 1. The van der Waals surface area contributed by atoms with E-state index in [9.17, 15) is 9.90 Å². The van der Waals surface area contributed by atoms with Crippen LogP contribution in [-0.4, -0.2) is 43.4 Å². The molecule has 0 aliphatic heterocycles. The highest BCUT2D eigenvalue weighted by molar-refractivity contribution is 7.12. The third kappa shape index (κ3) is 2.56. The summed E-state index contributed by atoms with van der Waals surface area (Å²) in [7, 11) is 0. The molecule has 0 bridgehead atoms. The first-order valence-corrected chi connectivity index (χ1v) is 7.43. The van der Waals surface area contributed by atoms with E-state index in [0.717, 1.165) is 25.7 Å². The Bertz CT molecular complexity index is 582. The maximum Gasteiger partial charge on any atom is 0.263 e. The van der Waals surface area contributed by atoms with E-state index in [1.807, 2.05) is 5.38 Å². The molecule has 2 aromatic heterocycles. The van der Waals surface area contributed by atoms with Gasteiger partial charge >= 0.3 is 0 Å². The lowest BCUT2D eigenvalue weighted by Crippen LogP contribution is -2.45. The summed E-state index contributed by atoms with van der Waals surface area (Å²) in [5, 5.41) is 25.6. The molecule has 0 aromatic carbocycles. The predicted molar refractivity (Wildman–Crippen MR) is 72.8 cm³/mol. The number of hydrogen-bond donors (Lipinski definition) is 2. The van der Waals surface area contributed by atoms with E-state index in [-0.39, 0.29) is 11.9 Å². The van der Waals surface area contributed by atoms with Crippen LogP contribution in [0.4, 0.5) is 0 Å². The minimum Gasteiger partial charge on any atom is -0.391 e. The zero-order chi connectivity index (χ0) is 13.9. The van der Waals surface area contributed by atoms with Crippen LogP contribution in [0.1, 0.15) is 35.4 Å². The van der Waals surface area contributed by atoms with Gasteiger partial charge in [-0.2, -0.15) is 4.68 Å². The fourth-order valence-corrected chi connectivity index (χ4v) is 3.22. The van der Waals surface area contributed by atoms with Gasteiger partial charge in [-0.15, -0.1) is 16.4 Å². The van der Waals surface area contributed by atoms with E-state index in [1.54, 1.807) is 6.07 Å². The second-order valence-corrected chi connectivity index (χ2v) is 5.74. The summed E-state index contributed by atoms with van der Waals surface area (Å²) in [6, 6.07) is 1.63. The van der Waals surface area contributed by atoms with Gasteiger partial charge in [0.15, 0.2) is 0 Å². The van der Waals surface area contributed by atoms with Crippen LogP contribution in [0.2, 0.25) is 0 Å². The summed E-state index contributed by atoms with van der Waals surface area (Å²) in [6.45, 7) is 0. The van der Waals surface area contributed by atoms with Crippen LogP contribution < -0.4 is 5.32 Å². The Morgan fingerprint density at radius 1 is 1.45 bits per heavy atom. The quantitative estimate of drug-likeness (QED) is 0.871. The summed E-state index contributed by atoms with van der Waals surface area (Å²) in [5.74, 6) is -0.184. The van der Waals surface area contributed by atoms with Crippen molar-refractivity contribution in [2.45, 2.75) is 37.8 Å². The molecule has 2 heterocycles. The van der Waals surface area contributed by atoms with Crippen LogP contribution in [0.5, 0.6) is 0 Å². The lowest BCUT2D eigenvalue weighted by atomic mass is 9.92. The number of nitrogens with zero attached hydrogens (tertiary/aromatic N) is 4. The molecule has 0 radical (unpaired) electrons. The molecule has 0 spiro atoms. The summed E-state index contributed by atoms with van der Waals surface area (Å²) < 4.78 is 1.46. The minimum absolute atomic E-state index is 0.167. The van der Waals surface area contributed by atoms with Crippen LogP contribution in [0.3, 0.4) is 0 Å². The van der Waals surface area contributed by atoms with E-state index in [4.69, 9.17) is 0 Å². The van der Waals surface area contributed by atoms with E-state index in [2.05, 4.69) is 20.8 Å². The van der Waals surface area contributed by atoms with Crippen molar-refractivity contribution in [1.29, 1.82) is 0 Å². The van der Waals surface area contributed by atoms with Crippen molar-refractivity contribution < 1.29 is 9.90 Å². The molecule has 0 unspecified atom stereocenters. The van der Waals surface area contributed by atoms with Gasteiger partial charge in [0.2, 0.25) is 0 Å². The van der Waals surface area contributed by atoms with Crippen LogP contribution in [0.15, 0.2) is 17.8 Å². The molecule has 1 saturated carbocycles. The minimum atomic E-state index is -0.454. The van der Waals surface area contributed by atoms with Crippen molar-refractivity contribution in [3.63, 3.8) is 0 Å². The van der Waals surface area contributed by atoms with Gasteiger partial charge in [0.25, 0.3) is 5.91 Å². The molecule has 1 fully saturated rings. The number of aliphatic hydroxyl groups excluding tert-OH is 1. The molecule has 106 valence electrons. The third-order valence-electron chi connectivity index (χ3n) is 3.49. The smallest absolute Gasteiger partial charge is 0.263 e. The first-order chi connectivity index (χ1) is 9.75. The average Bonchev–Trinajstić information content (AvgIpc) is 3.11. The van der Waals surface area contributed by atoms with Crippen molar-refractivity contribution in [1.82, 2.24) is 25.5 Å². The normalized spacial score (nSPS) is 22.6. The molecule has 1 amide bonds. The molecule has 8 heteroatoms. The Morgan fingerprint density at radius 2 is 2.30 bits per heavy atom. The summed E-state index contributed by atoms with van der Waals surface area (Å²) in [6.07, 6.45) is 4.61. The number of aliphatic hydroxyl groups is 1. The molecular weight excluding hydrogens is 278 g/mol. The van der Waals surface area contributed by atoms with Crippen molar-refractivity contribution in [3.05, 3.63) is 22.7 Å². The second kappa shape index (κ2) is 5.68. The number of thiophene rings is 1. The first-order valence-electron chi connectivity index (χ1n) is 6.55.